The van der Waals surface area contributed by atoms with E-state index >= 15 is 0 Å². The van der Waals surface area contributed by atoms with Crippen molar-refractivity contribution in [2.75, 3.05) is 5.75 Å². The fraction of sp³-hybridized carbons (Fsp3) is 0.364. The van der Waals surface area contributed by atoms with Gasteiger partial charge in [-0.2, -0.15) is 0 Å². The number of hydrogen-bond donors (Lipinski definition) is 0. The molecule has 3 nitrogen and oxygen atoms in total. The average molecular weight is 228 g/mol. The first kappa shape index (κ1) is 13.8. The second-order valence-corrected chi connectivity index (χ2v) is 4.87. The Morgan fingerprint density at radius 1 is 1.13 bits per heavy atom. The molecule has 0 radical (unpaired) electrons. The monoisotopic (exact) mass is 228 g/mol. The summed E-state index contributed by atoms with van der Waals surface area (Å²) in [6.45, 7) is 5.59. The fourth-order valence-corrected chi connectivity index (χ4v) is 1.80. The van der Waals surface area contributed by atoms with E-state index in [-0.39, 0.29) is 10.6 Å². The molecule has 0 amide bonds. The molecule has 0 aromatic heterocycles. The topological polar surface area (TPSA) is 51.2 Å². The summed E-state index contributed by atoms with van der Waals surface area (Å²) in [6.07, 6.45) is 0.683. The number of carbonyl (C=O) groups excluding carboxylic acids is 1. The molecule has 0 heterocycles. The van der Waals surface area contributed by atoms with Crippen LogP contribution in [0.3, 0.4) is 0 Å². The Morgan fingerprint density at radius 3 is 1.93 bits per heavy atom. The molecule has 4 heteroatoms. The smallest absolute Gasteiger partial charge is 0.178 e. The molecule has 0 atom stereocenters. The third kappa shape index (κ3) is 3.83. The predicted octanol–water partition coefficient (Wildman–Crippen LogP) is 2.32. The second-order valence-electron chi connectivity index (χ2n) is 2.59. The molecule has 1 aromatic carbocycles. The fourth-order valence-electron chi connectivity index (χ4n) is 0.920. The van der Waals surface area contributed by atoms with Gasteiger partial charge in [-0.3, -0.25) is 4.79 Å². The Morgan fingerprint density at radius 2 is 1.60 bits per heavy atom. The summed E-state index contributed by atoms with van der Waals surface area (Å²) in [5.41, 5.74) is 0.482. The minimum Gasteiger partial charge on any atom is -0.298 e. The molecule has 0 aliphatic rings. The van der Waals surface area contributed by atoms with Gasteiger partial charge in [0.15, 0.2) is 9.84 Å². The molecule has 0 unspecified atom stereocenters. The molecule has 15 heavy (non-hydrogen) atoms. The van der Waals surface area contributed by atoms with Gasteiger partial charge >= 0.3 is 0 Å². The van der Waals surface area contributed by atoms with Crippen molar-refractivity contribution in [3.8, 4) is 0 Å². The molecule has 0 aliphatic carbocycles. The van der Waals surface area contributed by atoms with Crippen molar-refractivity contribution in [2.24, 2.45) is 0 Å². The van der Waals surface area contributed by atoms with Gasteiger partial charge in [0.05, 0.1) is 10.6 Å². The van der Waals surface area contributed by atoms with Gasteiger partial charge in [0, 0.05) is 5.56 Å². The molecule has 0 saturated heterocycles. The van der Waals surface area contributed by atoms with Gasteiger partial charge in [0.1, 0.15) is 6.29 Å². The molecule has 0 fully saturated rings. The van der Waals surface area contributed by atoms with Gasteiger partial charge in [0.25, 0.3) is 0 Å². The maximum Gasteiger partial charge on any atom is 0.178 e. The van der Waals surface area contributed by atoms with Gasteiger partial charge in [-0.1, -0.05) is 32.9 Å². The third-order valence-electron chi connectivity index (χ3n) is 1.76. The van der Waals surface area contributed by atoms with Crippen molar-refractivity contribution in [1.29, 1.82) is 0 Å². The number of benzene rings is 1. The minimum atomic E-state index is -3.14. The van der Waals surface area contributed by atoms with E-state index in [1.54, 1.807) is 6.92 Å². The van der Waals surface area contributed by atoms with Crippen LogP contribution in [0.5, 0.6) is 0 Å². The highest BCUT2D eigenvalue weighted by molar-refractivity contribution is 7.91. The first-order valence-electron chi connectivity index (χ1n) is 4.88. The predicted molar refractivity (Wildman–Crippen MR) is 60.9 cm³/mol. The molecular formula is C11H16O3S. The van der Waals surface area contributed by atoms with Crippen LogP contribution in [0, 0.1) is 0 Å². The van der Waals surface area contributed by atoms with E-state index in [1.807, 2.05) is 13.8 Å². The average Bonchev–Trinajstić information content (AvgIpc) is 2.32. The Balaban J connectivity index is 0.000000921. The van der Waals surface area contributed by atoms with Gasteiger partial charge in [-0.05, 0) is 12.1 Å². The van der Waals surface area contributed by atoms with E-state index in [0.29, 0.717) is 11.8 Å². The van der Waals surface area contributed by atoms with Gasteiger partial charge < -0.3 is 0 Å². The third-order valence-corrected chi connectivity index (χ3v) is 3.51. The van der Waals surface area contributed by atoms with E-state index in [0.717, 1.165) is 0 Å². The normalized spacial score (nSPS) is 10.1. The summed E-state index contributed by atoms with van der Waals surface area (Å²) in [6, 6.07) is 5.89. The molecule has 0 aliphatic heterocycles. The van der Waals surface area contributed by atoms with Crippen LogP contribution in [0.4, 0.5) is 0 Å². The van der Waals surface area contributed by atoms with Crippen LogP contribution in [0.25, 0.3) is 0 Å². The molecule has 1 aromatic rings. The van der Waals surface area contributed by atoms with Crippen molar-refractivity contribution >= 4 is 16.1 Å². The zero-order valence-electron chi connectivity index (χ0n) is 9.23. The zero-order valence-corrected chi connectivity index (χ0v) is 10.0. The summed E-state index contributed by atoms with van der Waals surface area (Å²) >= 11 is 0. The van der Waals surface area contributed by atoms with Crippen molar-refractivity contribution in [3.05, 3.63) is 29.8 Å². The summed E-state index contributed by atoms with van der Waals surface area (Å²) in [4.78, 5) is 10.6. The lowest BCUT2D eigenvalue weighted by atomic mass is 10.2. The zero-order chi connectivity index (χ0) is 11.9. The van der Waals surface area contributed by atoms with Crippen LogP contribution in [-0.4, -0.2) is 20.5 Å². The first-order valence-corrected chi connectivity index (χ1v) is 6.53. The van der Waals surface area contributed by atoms with E-state index in [4.69, 9.17) is 0 Å². The highest BCUT2D eigenvalue weighted by Crippen LogP contribution is 2.10. The van der Waals surface area contributed by atoms with E-state index in [9.17, 15) is 13.2 Å². The van der Waals surface area contributed by atoms with Crippen molar-refractivity contribution in [1.82, 2.24) is 0 Å². The van der Waals surface area contributed by atoms with Crippen LogP contribution in [0.1, 0.15) is 31.1 Å². The number of aldehydes is 1. The van der Waals surface area contributed by atoms with Crippen LogP contribution >= 0.6 is 0 Å². The van der Waals surface area contributed by atoms with Crippen molar-refractivity contribution in [3.63, 3.8) is 0 Å². The molecule has 0 bridgehead atoms. The summed E-state index contributed by atoms with van der Waals surface area (Å²) < 4.78 is 22.6. The largest absolute Gasteiger partial charge is 0.298 e. The Kier molecular flexibility index (Phi) is 5.86. The van der Waals surface area contributed by atoms with Crippen LogP contribution in [-0.2, 0) is 9.84 Å². The molecule has 0 saturated carbocycles. The lowest BCUT2D eigenvalue weighted by molar-refractivity contribution is 0.112. The van der Waals surface area contributed by atoms with E-state index in [2.05, 4.69) is 0 Å². The van der Waals surface area contributed by atoms with Crippen molar-refractivity contribution < 1.29 is 13.2 Å². The number of hydrogen-bond acceptors (Lipinski definition) is 3. The van der Waals surface area contributed by atoms with Gasteiger partial charge in [-0.25, -0.2) is 8.42 Å². The van der Waals surface area contributed by atoms with Crippen molar-refractivity contribution in [2.45, 2.75) is 25.7 Å². The highest BCUT2D eigenvalue weighted by atomic mass is 32.2. The first-order chi connectivity index (χ1) is 7.10. The summed E-state index contributed by atoms with van der Waals surface area (Å²) in [7, 11) is -3.14. The minimum absolute atomic E-state index is 0.0768. The lowest BCUT2D eigenvalue weighted by Gasteiger charge is -1.99. The Bertz CT molecular complexity index is 390. The lowest BCUT2D eigenvalue weighted by Crippen LogP contribution is -2.03. The van der Waals surface area contributed by atoms with Crippen LogP contribution in [0.15, 0.2) is 29.2 Å². The maximum absolute atomic E-state index is 11.3. The standard InChI is InChI=1S/C9H10O3S.C2H6/c1-2-13(11,12)9-5-3-8(7-10)4-6-9;1-2/h3-7H,2H2,1H3;1-2H3. The summed E-state index contributed by atoms with van der Waals surface area (Å²) in [5, 5.41) is 0. The Labute approximate surface area is 91.0 Å². The number of sulfone groups is 1. The maximum atomic E-state index is 11.3. The van der Waals surface area contributed by atoms with E-state index < -0.39 is 9.84 Å². The SMILES string of the molecule is CC.CCS(=O)(=O)c1ccc(C=O)cc1. The van der Waals surface area contributed by atoms with Crippen LogP contribution in [0.2, 0.25) is 0 Å². The summed E-state index contributed by atoms with van der Waals surface area (Å²) in [5.74, 6) is 0.0768. The molecular weight excluding hydrogens is 212 g/mol. The molecule has 0 N–H and O–H groups in total. The number of carbonyl (C=O) groups is 1. The Hall–Kier alpha value is -1.16. The van der Waals surface area contributed by atoms with Gasteiger partial charge in [-0.15, -0.1) is 0 Å². The highest BCUT2D eigenvalue weighted by Gasteiger charge is 2.10. The molecule has 84 valence electrons. The van der Waals surface area contributed by atoms with Crippen LogP contribution < -0.4 is 0 Å². The molecule has 1 rings (SSSR count). The van der Waals surface area contributed by atoms with Gasteiger partial charge in [0.2, 0.25) is 0 Å². The number of rotatable bonds is 3. The quantitative estimate of drug-likeness (QED) is 0.746. The van der Waals surface area contributed by atoms with E-state index in [1.165, 1.54) is 24.3 Å². The second kappa shape index (κ2) is 6.35. The molecule has 0 spiro atoms.